The Labute approximate surface area is 164 Å². The van der Waals surface area contributed by atoms with Crippen LogP contribution < -0.4 is 16.7 Å². The number of aryl methyl sites for hydroxylation is 2. The number of fused-ring (bicyclic) bond motifs is 1. The van der Waals surface area contributed by atoms with Crippen molar-refractivity contribution in [1.29, 1.82) is 0 Å². The van der Waals surface area contributed by atoms with Crippen LogP contribution in [-0.4, -0.2) is 25.3 Å². The fourth-order valence-corrected chi connectivity index (χ4v) is 2.93. The van der Waals surface area contributed by atoms with Gasteiger partial charge >= 0.3 is 5.69 Å². The summed E-state index contributed by atoms with van der Waals surface area (Å²) in [5.74, 6) is 0.147. The Hall–Kier alpha value is -2.94. The molecule has 28 heavy (non-hydrogen) atoms. The number of H-pyrrole nitrogens is 1. The van der Waals surface area contributed by atoms with Crippen LogP contribution in [0.15, 0.2) is 32.9 Å². The molecule has 0 unspecified atom stereocenters. The van der Waals surface area contributed by atoms with Crippen molar-refractivity contribution in [3.8, 4) is 0 Å². The van der Waals surface area contributed by atoms with Gasteiger partial charge in [0.05, 0.1) is 11.2 Å². The van der Waals surface area contributed by atoms with E-state index in [4.69, 9.17) is 11.6 Å². The first kappa shape index (κ1) is 19.8. The number of imidazole rings is 1. The molecular weight excluding hydrogens is 387 g/mol. The number of nitrogens with one attached hydrogen (secondary N) is 2. The van der Waals surface area contributed by atoms with Crippen molar-refractivity contribution >= 4 is 34.9 Å². The topological polar surface area (TPSA) is 97.1 Å². The number of hydrogen-bond acceptors (Lipinski definition) is 5. The summed E-state index contributed by atoms with van der Waals surface area (Å²) in [7, 11) is 1.52. The molecule has 3 rings (SSSR count). The zero-order chi connectivity index (χ0) is 20.4. The van der Waals surface area contributed by atoms with E-state index in [9.17, 15) is 14.0 Å². The van der Waals surface area contributed by atoms with Crippen molar-refractivity contribution in [2.75, 3.05) is 5.43 Å². The van der Waals surface area contributed by atoms with Crippen LogP contribution in [0.25, 0.3) is 11.2 Å². The van der Waals surface area contributed by atoms with E-state index < -0.39 is 17.1 Å². The Kier molecular flexibility index (Phi) is 5.64. The van der Waals surface area contributed by atoms with Crippen LogP contribution in [0.3, 0.4) is 0 Å². The summed E-state index contributed by atoms with van der Waals surface area (Å²) in [6.07, 6.45) is 2.03. The SMILES string of the molecule is CC(C)CCn1c(N/N=C/c2c(F)cccc2Cl)nc2c1c(=O)[nH]c(=O)n2C. The van der Waals surface area contributed by atoms with E-state index in [1.807, 2.05) is 0 Å². The van der Waals surface area contributed by atoms with Crippen molar-refractivity contribution in [3.05, 3.63) is 55.4 Å². The number of rotatable bonds is 6. The first-order chi connectivity index (χ1) is 13.3. The molecule has 0 spiro atoms. The second-order valence-electron chi connectivity index (χ2n) is 6.77. The molecule has 1 aromatic carbocycles. The zero-order valence-corrected chi connectivity index (χ0v) is 16.4. The third-order valence-corrected chi connectivity index (χ3v) is 4.62. The second-order valence-corrected chi connectivity index (χ2v) is 7.17. The van der Waals surface area contributed by atoms with Gasteiger partial charge in [-0.1, -0.05) is 31.5 Å². The van der Waals surface area contributed by atoms with Crippen molar-refractivity contribution in [2.24, 2.45) is 18.1 Å². The first-order valence-corrected chi connectivity index (χ1v) is 9.10. The minimum absolute atomic E-state index is 0.131. The van der Waals surface area contributed by atoms with Gasteiger partial charge in [-0.15, -0.1) is 0 Å². The van der Waals surface area contributed by atoms with Gasteiger partial charge in [-0.3, -0.25) is 14.3 Å². The molecule has 0 saturated carbocycles. The number of anilines is 1. The molecule has 2 heterocycles. The first-order valence-electron chi connectivity index (χ1n) is 8.72. The van der Waals surface area contributed by atoms with Crippen LogP contribution in [0.2, 0.25) is 5.02 Å². The quantitative estimate of drug-likeness (QED) is 0.486. The number of hydrazone groups is 1. The lowest BCUT2D eigenvalue weighted by atomic mass is 10.1. The second kappa shape index (κ2) is 7.97. The summed E-state index contributed by atoms with van der Waals surface area (Å²) in [6, 6.07) is 4.33. The summed E-state index contributed by atoms with van der Waals surface area (Å²) in [5, 5.41) is 4.24. The molecule has 3 aromatic rings. The Morgan fingerprint density at radius 3 is 2.82 bits per heavy atom. The number of aromatic amines is 1. The van der Waals surface area contributed by atoms with E-state index in [-0.39, 0.29) is 27.7 Å². The maximum Gasteiger partial charge on any atom is 0.329 e. The fourth-order valence-electron chi connectivity index (χ4n) is 2.71. The predicted molar refractivity (Wildman–Crippen MR) is 108 cm³/mol. The molecule has 0 bridgehead atoms. The molecule has 0 radical (unpaired) electrons. The standard InChI is InChI=1S/C18H20ClFN6O2/c1-10(2)7-8-26-14-15(25(3)18(28)23-16(14)27)22-17(26)24-21-9-11-12(19)5-4-6-13(11)20/h4-6,9-10H,7-8H2,1-3H3,(H,22,24)(H,23,27,28)/b21-9+. The van der Waals surface area contributed by atoms with Gasteiger partial charge < -0.3 is 4.57 Å². The smallest absolute Gasteiger partial charge is 0.303 e. The number of aromatic nitrogens is 4. The van der Waals surface area contributed by atoms with Crippen LogP contribution in [0.1, 0.15) is 25.8 Å². The van der Waals surface area contributed by atoms with Gasteiger partial charge in [-0.25, -0.2) is 14.6 Å². The van der Waals surface area contributed by atoms with E-state index in [0.29, 0.717) is 12.5 Å². The molecule has 0 atom stereocenters. The number of halogens is 2. The summed E-state index contributed by atoms with van der Waals surface area (Å²) in [5.41, 5.74) is 2.28. The maximum absolute atomic E-state index is 13.9. The highest BCUT2D eigenvalue weighted by atomic mass is 35.5. The zero-order valence-electron chi connectivity index (χ0n) is 15.7. The Morgan fingerprint density at radius 1 is 1.39 bits per heavy atom. The minimum Gasteiger partial charge on any atom is -0.303 e. The third-order valence-electron chi connectivity index (χ3n) is 4.30. The van der Waals surface area contributed by atoms with E-state index in [0.717, 1.165) is 6.42 Å². The number of hydrogen-bond donors (Lipinski definition) is 2. The van der Waals surface area contributed by atoms with E-state index >= 15 is 0 Å². The maximum atomic E-state index is 13.9. The third kappa shape index (κ3) is 3.84. The Bertz CT molecular complexity index is 1140. The molecule has 0 aliphatic heterocycles. The molecule has 0 fully saturated rings. The van der Waals surface area contributed by atoms with Gasteiger partial charge in [0.1, 0.15) is 5.82 Å². The van der Waals surface area contributed by atoms with Gasteiger partial charge in [0.2, 0.25) is 5.95 Å². The van der Waals surface area contributed by atoms with Crippen molar-refractivity contribution in [1.82, 2.24) is 19.1 Å². The average Bonchev–Trinajstić information content (AvgIpc) is 2.99. The lowest BCUT2D eigenvalue weighted by molar-refractivity contribution is 0.524. The minimum atomic E-state index is -0.556. The molecule has 0 aliphatic carbocycles. The van der Waals surface area contributed by atoms with E-state index in [1.165, 1.54) is 30.0 Å². The molecule has 2 N–H and O–H groups in total. The fraction of sp³-hybridized carbons (Fsp3) is 0.333. The van der Waals surface area contributed by atoms with Gasteiger partial charge in [-0.05, 0) is 24.5 Å². The van der Waals surface area contributed by atoms with Gasteiger partial charge in [0, 0.05) is 19.2 Å². The van der Waals surface area contributed by atoms with E-state index in [2.05, 4.69) is 34.3 Å². The van der Waals surface area contributed by atoms with Crippen LogP contribution >= 0.6 is 11.6 Å². The van der Waals surface area contributed by atoms with E-state index in [1.54, 1.807) is 10.6 Å². The normalized spacial score (nSPS) is 11.8. The number of benzene rings is 1. The highest BCUT2D eigenvalue weighted by Crippen LogP contribution is 2.19. The lowest BCUT2D eigenvalue weighted by Crippen LogP contribution is -2.29. The highest BCUT2D eigenvalue weighted by molar-refractivity contribution is 6.33. The molecular formula is C18H20ClFN6O2. The average molecular weight is 407 g/mol. The predicted octanol–water partition coefficient (Wildman–Crippen LogP) is 2.71. The van der Waals surface area contributed by atoms with Gasteiger partial charge in [0.25, 0.3) is 5.56 Å². The highest BCUT2D eigenvalue weighted by Gasteiger charge is 2.17. The Balaban J connectivity index is 2.04. The molecule has 0 saturated heterocycles. The molecule has 8 nitrogen and oxygen atoms in total. The van der Waals surface area contributed by atoms with Crippen LogP contribution in [0.5, 0.6) is 0 Å². The van der Waals surface area contributed by atoms with Crippen molar-refractivity contribution in [2.45, 2.75) is 26.8 Å². The number of nitrogens with zero attached hydrogens (tertiary/aromatic N) is 4. The van der Waals surface area contributed by atoms with Crippen LogP contribution in [-0.2, 0) is 13.6 Å². The summed E-state index contributed by atoms with van der Waals surface area (Å²) in [4.78, 5) is 30.8. The van der Waals surface area contributed by atoms with Gasteiger partial charge in [0.15, 0.2) is 11.2 Å². The van der Waals surface area contributed by atoms with Gasteiger partial charge in [-0.2, -0.15) is 10.1 Å². The van der Waals surface area contributed by atoms with Crippen molar-refractivity contribution < 1.29 is 4.39 Å². The van der Waals surface area contributed by atoms with Crippen molar-refractivity contribution in [3.63, 3.8) is 0 Å². The summed E-state index contributed by atoms with van der Waals surface area (Å²) < 4.78 is 16.8. The Morgan fingerprint density at radius 2 is 2.14 bits per heavy atom. The lowest BCUT2D eigenvalue weighted by Gasteiger charge is -2.09. The summed E-state index contributed by atoms with van der Waals surface area (Å²) in [6.45, 7) is 4.61. The largest absolute Gasteiger partial charge is 0.329 e. The summed E-state index contributed by atoms with van der Waals surface area (Å²) >= 11 is 5.99. The molecule has 0 aliphatic rings. The molecule has 10 heteroatoms. The monoisotopic (exact) mass is 406 g/mol. The molecule has 2 aromatic heterocycles. The van der Waals surface area contributed by atoms with Crippen LogP contribution in [0.4, 0.5) is 10.3 Å². The van der Waals surface area contributed by atoms with Crippen LogP contribution in [0, 0.1) is 11.7 Å². The molecule has 0 amide bonds. The molecule has 148 valence electrons.